The topological polar surface area (TPSA) is 67.2 Å². The van der Waals surface area contributed by atoms with Crippen molar-refractivity contribution in [1.29, 1.82) is 0 Å². The molecule has 5 heteroatoms. The Kier molecular flexibility index (Phi) is 4.71. The maximum Gasteiger partial charge on any atom is 0.307 e. The summed E-state index contributed by atoms with van der Waals surface area (Å²) >= 11 is 0. The summed E-state index contributed by atoms with van der Waals surface area (Å²) in [4.78, 5) is 15.6. The third kappa shape index (κ3) is 3.28. The van der Waals surface area contributed by atoms with E-state index in [0.717, 1.165) is 31.8 Å². The van der Waals surface area contributed by atoms with E-state index < -0.39 is 5.97 Å². The van der Waals surface area contributed by atoms with Crippen molar-refractivity contribution in [3.05, 3.63) is 18.2 Å². The SMILES string of the molecule is Cc1nccn1CCNC1CCC(C(=O)O)C(C)(C)C1C. The molecule has 5 nitrogen and oxygen atoms in total. The van der Waals surface area contributed by atoms with E-state index in [-0.39, 0.29) is 11.3 Å². The molecular formula is C16H27N3O2. The number of aryl methyl sites for hydroxylation is 1. The van der Waals surface area contributed by atoms with Gasteiger partial charge in [-0.05, 0) is 31.1 Å². The monoisotopic (exact) mass is 293 g/mol. The molecule has 2 N–H and O–H groups in total. The van der Waals surface area contributed by atoms with Crippen LogP contribution in [0.1, 0.15) is 39.4 Å². The Morgan fingerprint density at radius 3 is 2.81 bits per heavy atom. The Balaban J connectivity index is 1.90. The van der Waals surface area contributed by atoms with Gasteiger partial charge in [-0.15, -0.1) is 0 Å². The molecule has 0 aliphatic heterocycles. The summed E-state index contributed by atoms with van der Waals surface area (Å²) in [6, 6.07) is 0.388. The molecule has 1 aromatic heterocycles. The minimum absolute atomic E-state index is 0.174. The molecule has 0 radical (unpaired) electrons. The van der Waals surface area contributed by atoms with Crippen molar-refractivity contribution in [3.63, 3.8) is 0 Å². The van der Waals surface area contributed by atoms with Crippen LogP contribution >= 0.6 is 0 Å². The molecule has 1 aliphatic carbocycles. The van der Waals surface area contributed by atoms with Crippen LogP contribution in [0.4, 0.5) is 0 Å². The van der Waals surface area contributed by atoms with Gasteiger partial charge in [0.1, 0.15) is 5.82 Å². The maximum absolute atomic E-state index is 11.4. The maximum atomic E-state index is 11.4. The van der Waals surface area contributed by atoms with Gasteiger partial charge in [0, 0.05) is 31.5 Å². The van der Waals surface area contributed by atoms with Crippen LogP contribution in [0, 0.1) is 24.2 Å². The Labute approximate surface area is 126 Å². The number of aromatic nitrogens is 2. The van der Waals surface area contributed by atoms with E-state index in [1.54, 1.807) is 0 Å². The minimum Gasteiger partial charge on any atom is -0.481 e. The number of imidazole rings is 1. The lowest BCUT2D eigenvalue weighted by atomic mass is 9.61. The largest absolute Gasteiger partial charge is 0.481 e. The summed E-state index contributed by atoms with van der Waals surface area (Å²) in [5.74, 6) is 0.483. The number of carbonyl (C=O) groups is 1. The fourth-order valence-electron chi connectivity index (χ4n) is 3.54. The normalized spacial score (nSPS) is 28.5. The van der Waals surface area contributed by atoms with E-state index >= 15 is 0 Å². The molecule has 2 rings (SSSR count). The summed E-state index contributed by atoms with van der Waals surface area (Å²) in [6.07, 6.45) is 5.50. The third-order valence-corrected chi connectivity index (χ3v) is 5.42. The van der Waals surface area contributed by atoms with E-state index in [1.807, 2.05) is 19.3 Å². The van der Waals surface area contributed by atoms with Gasteiger partial charge in [-0.25, -0.2) is 4.98 Å². The molecule has 0 saturated heterocycles. The lowest BCUT2D eigenvalue weighted by molar-refractivity contribution is -0.150. The van der Waals surface area contributed by atoms with E-state index in [1.165, 1.54) is 0 Å². The molecule has 118 valence electrons. The van der Waals surface area contributed by atoms with Crippen molar-refractivity contribution in [3.8, 4) is 0 Å². The number of carboxylic acid groups (broad SMARTS) is 1. The first kappa shape index (κ1) is 16.0. The van der Waals surface area contributed by atoms with E-state index in [2.05, 4.69) is 35.6 Å². The number of hydrogen-bond donors (Lipinski definition) is 2. The zero-order chi connectivity index (χ0) is 15.6. The number of carboxylic acids is 1. The highest BCUT2D eigenvalue weighted by molar-refractivity contribution is 5.71. The smallest absolute Gasteiger partial charge is 0.307 e. The second-order valence-electron chi connectivity index (χ2n) is 6.81. The molecule has 1 aromatic rings. The van der Waals surface area contributed by atoms with Gasteiger partial charge >= 0.3 is 5.97 Å². The molecule has 1 fully saturated rings. The highest BCUT2D eigenvalue weighted by Crippen LogP contribution is 2.44. The predicted molar refractivity (Wildman–Crippen MR) is 82.1 cm³/mol. The van der Waals surface area contributed by atoms with Crippen molar-refractivity contribution in [1.82, 2.24) is 14.9 Å². The molecule has 0 amide bonds. The zero-order valence-electron chi connectivity index (χ0n) is 13.5. The average molecular weight is 293 g/mol. The Hall–Kier alpha value is -1.36. The van der Waals surface area contributed by atoms with Gasteiger partial charge < -0.3 is 15.0 Å². The standard InChI is InChI=1S/C16H27N3O2/c1-11-14(6-5-13(15(20)21)16(11,3)4)18-8-10-19-9-7-17-12(19)2/h7,9,11,13-14,18H,5-6,8,10H2,1-4H3,(H,20,21). The van der Waals surface area contributed by atoms with Crippen LogP contribution in [0.5, 0.6) is 0 Å². The van der Waals surface area contributed by atoms with Crippen molar-refractivity contribution in [2.75, 3.05) is 6.54 Å². The van der Waals surface area contributed by atoms with Gasteiger partial charge in [0.15, 0.2) is 0 Å². The molecule has 1 aliphatic rings. The molecule has 0 bridgehead atoms. The first-order valence-electron chi connectivity index (χ1n) is 7.78. The van der Waals surface area contributed by atoms with Gasteiger partial charge in [0.25, 0.3) is 0 Å². The van der Waals surface area contributed by atoms with Crippen molar-refractivity contribution < 1.29 is 9.90 Å². The fourth-order valence-corrected chi connectivity index (χ4v) is 3.54. The lowest BCUT2D eigenvalue weighted by Crippen LogP contribution is -2.51. The summed E-state index contributed by atoms with van der Waals surface area (Å²) in [6.45, 7) is 10.1. The van der Waals surface area contributed by atoms with Crippen LogP contribution in [0.2, 0.25) is 0 Å². The Morgan fingerprint density at radius 2 is 2.24 bits per heavy atom. The molecule has 21 heavy (non-hydrogen) atoms. The van der Waals surface area contributed by atoms with Gasteiger partial charge in [-0.2, -0.15) is 0 Å². The van der Waals surface area contributed by atoms with Crippen LogP contribution in [-0.2, 0) is 11.3 Å². The third-order valence-electron chi connectivity index (χ3n) is 5.42. The Morgan fingerprint density at radius 1 is 1.52 bits per heavy atom. The number of nitrogens with zero attached hydrogens (tertiary/aromatic N) is 2. The second kappa shape index (κ2) is 6.18. The first-order valence-corrected chi connectivity index (χ1v) is 7.78. The van der Waals surface area contributed by atoms with Crippen LogP contribution in [0.3, 0.4) is 0 Å². The summed E-state index contributed by atoms with van der Waals surface area (Å²) in [7, 11) is 0. The number of rotatable bonds is 5. The summed E-state index contributed by atoms with van der Waals surface area (Å²) in [5, 5.41) is 13.0. The molecule has 3 unspecified atom stereocenters. The number of nitrogens with one attached hydrogen (secondary N) is 1. The van der Waals surface area contributed by atoms with Crippen LogP contribution in [-0.4, -0.2) is 33.2 Å². The quantitative estimate of drug-likeness (QED) is 0.874. The van der Waals surface area contributed by atoms with Crippen molar-refractivity contribution in [2.24, 2.45) is 17.3 Å². The Bertz CT molecular complexity index is 495. The van der Waals surface area contributed by atoms with Gasteiger partial charge in [0.2, 0.25) is 0 Å². The highest BCUT2D eigenvalue weighted by atomic mass is 16.4. The fraction of sp³-hybridized carbons (Fsp3) is 0.750. The van der Waals surface area contributed by atoms with Crippen molar-refractivity contribution >= 4 is 5.97 Å². The molecule has 3 atom stereocenters. The zero-order valence-corrected chi connectivity index (χ0v) is 13.5. The van der Waals surface area contributed by atoms with Crippen LogP contribution in [0.25, 0.3) is 0 Å². The van der Waals surface area contributed by atoms with Crippen LogP contribution < -0.4 is 5.32 Å². The second-order valence-corrected chi connectivity index (χ2v) is 6.81. The summed E-state index contributed by atoms with van der Waals surface area (Å²) < 4.78 is 2.13. The van der Waals surface area contributed by atoms with Gasteiger partial charge in [-0.1, -0.05) is 20.8 Å². The molecule has 0 spiro atoms. The van der Waals surface area contributed by atoms with E-state index in [0.29, 0.717) is 12.0 Å². The predicted octanol–water partition coefficient (Wildman–Crippen LogP) is 2.31. The average Bonchev–Trinajstić information content (AvgIpc) is 2.80. The number of hydrogen-bond acceptors (Lipinski definition) is 3. The minimum atomic E-state index is -0.653. The number of aliphatic carboxylic acids is 1. The van der Waals surface area contributed by atoms with Gasteiger partial charge in [-0.3, -0.25) is 4.79 Å². The van der Waals surface area contributed by atoms with E-state index in [4.69, 9.17) is 0 Å². The van der Waals surface area contributed by atoms with E-state index in [9.17, 15) is 9.90 Å². The molecule has 1 heterocycles. The lowest BCUT2D eigenvalue weighted by Gasteiger charge is -2.46. The highest BCUT2D eigenvalue weighted by Gasteiger charge is 2.45. The van der Waals surface area contributed by atoms with Crippen LogP contribution in [0.15, 0.2) is 12.4 Å². The first-order chi connectivity index (χ1) is 9.84. The molecular weight excluding hydrogens is 266 g/mol. The molecule has 0 aromatic carbocycles. The van der Waals surface area contributed by atoms with Crippen molar-refractivity contribution in [2.45, 2.75) is 53.1 Å². The summed E-state index contributed by atoms with van der Waals surface area (Å²) in [5.41, 5.74) is -0.174. The van der Waals surface area contributed by atoms with Gasteiger partial charge in [0.05, 0.1) is 5.92 Å². The molecule has 1 saturated carbocycles.